The summed E-state index contributed by atoms with van der Waals surface area (Å²) in [6.45, 7) is 12.4. The number of benzene rings is 1. The van der Waals surface area contributed by atoms with Crippen LogP contribution >= 0.6 is 0 Å². The number of nitrogens with zero attached hydrogens (tertiary/aromatic N) is 1. The number of sulfonamides is 1. The van der Waals surface area contributed by atoms with Gasteiger partial charge in [-0.15, -0.1) is 0 Å². The number of hydrogen-bond donors (Lipinski definition) is 2. The number of rotatable bonds is 10. The fraction of sp³-hybridized carbons (Fsp3) is 0.600. The number of carbonyl (C=O) groups excluding carboxylic acids is 2. The first-order chi connectivity index (χ1) is 13.0. The van der Waals surface area contributed by atoms with E-state index >= 15 is 0 Å². The van der Waals surface area contributed by atoms with Gasteiger partial charge in [0.15, 0.2) is 0 Å². The van der Waals surface area contributed by atoms with Gasteiger partial charge in [0.1, 0.15) is 6.04 Å². The van der Waals surface area contributed by atoms with Crippen molar-refractivity contribution < 1.29 is 18.0 Å². The van der Waals surface area contributed by atoms with Gasteiger partial charge in [0.25, 0.3) is 5.91 Å². The molecule has 0 heterocycles. The fourth-order valence-corrected chi connectivity index (χ4v) is 4.19. The van der Waals surface area contributed by atoms with E-state index in [-0.39, 0.29) is 22.3 Å². The van der Waals surface area contributed by atoms with Gasteiger partial charge >= 0.3 is 0 Å². The Labute approximate surface area is 168 Å². The molecule has 1 aromatic rings. The Morgan fingerprint density at radius 2 is 1.68 bits per heavy atom. The zero-order valence-electron chi connectivity index (χ0n) is 17.7. The van der Waals surface area contributed by atoms with Crippen LogP contribution in [0, 0.1) is 11.8 Å². The summed E-state index contributed by atoms with van der Waals surface area (Å²) >= 11 is 0. The summed E-state index contributed by atoms with van der Waals surface area (Å²) in [5.74, 6) is -0.535. The average molecular weight is 412 g/mol. The van der Waals surface area contributed by atoms with E-state index in [0.29, 0.717) is 25.6 Å². The first kappa shape index (κ1) is 24.1. The van der Waals surface area contributed by atoms with E-state index in [4.69, 9.17) is 0 Å². The van der Waals surface area contributed by atoms with Gasteiger partial charge in [-0.05, 0) is 30.0 Å². The zero-order chi connectivity index (χ0) is 21.5. The van der Waals surface area contributed by atoms with Crippen LogP contribution in [0.15, 0.2) is 29.2 Å². The normalized spacial score (nSPS) is 13.0. The van der Waals surface area contributed by atoms with Gasteiger partial charge in [-0.25, -0.2) is 8.42 Å². The average Bonchev–Trinajstić information content (AvgIpc) is 2.64. The van der Waals surface area contributed by atoms with Gasteiger partial charge in [0, 0.05) is 25.2 Å². The molecule has 28 heavy (non-hydrogen) atoms. The Hall–Kier alpha value is -1.93. The van der Waals surface area contributed by atoms with Crippen LogP contribution in [0.1, 0.15) is 51.9 Å². The molecule has 0 aliphatic rings. The van der Waals surface area contributed by atoms with Gasteiger partial charge in [0.05, 0.1) is 4.90 Å². The number of nitrogens with one attached hydrogen (secondary N) is 2. The molecular formula is C20H33N3O4S. The molecule has 0 aliphatic carbocycles. The molecule has 0 spiro atoms. The summed E-state index contributed by atoms with van der Waals surface area (Å²) in [6.07, 6.45) is 0. The molecule has 158 valence electrons. The van der Waals surface area contributed by atoms with Crippen molar-refractivity contribution in [2.45, 2.75) is 52.5 Å². The molecule has 0 radical (unpaired) electrons. The Balaban J connectivity index is 3.04. The number of carbonyl (C=O) groups is 2. The lowest BCUT2D eigenvalue weighted by atomic mass is 10.0. The summed E-state index contributed by atoms with van der Waals surface area (Å²) in [4.78, 5) is 25.2. The Kier molecular flexibility index (Phi) is 9.10. The van der Waals surface area contributed by atoms with Crippen molar-refractivity contribution in [2.24, 2.45) is 11.8 Å². The molecule has 0 bridgehead atoms. The minimum Gasteiger partial charge on any atom is -0.354 e. The monoisotopic (exact) mass is 411 g/mol. The van der Waals surface area contributed by atoms with Crippen molar-refractivity contribution in [1.29, 1.82) is 0 Å². The minimum absolute atomic E-state index is 0.0641. The number of hydrogen-bond acceptors (Lipinski definition) is 4. The Bertz CT molecular complexity index is 771. The molecule has 2 N–H and O–H groups in total. The van der Waals surface area contributed by atoms with E-state index in [0.717, 1.165) is 0 Å². The summed E-state index contributed by atoms with van der Waals surface area (Å²) in [5, 5.41) is 5.56. The van der Waals surface area contributed by atoms with Crippen molar-refractivity contribution in [3.05, 3.63) is 29.8 Å². The van der Waals surface area contributed by atoms with E-state index in [1.807, 2.05) is 27.7 Å². The third kappa shape index (κ3) is 6.31. The molecule has 0 saturated heterocycles. The van der Waals surface area contributed by atoms with Crippen molar-refractivity contribution in [2.75, 3.05) is 19.6 Å². The third-order valence-corrected chi connectivity index (χ3v) is 6.41. The molecule has 0 aliphatic heterocycles. The van der Waals surface area contributed by atoms with Crippen molar-refractivity contribution in [3.63, 3.8) is 0 Å². The molecule has 0 aromatic heterocycles. The first-order valence-corrected chi connectivity index (χ1v) is 11.2. The number of amides is 2. The highest BCUT2D eigenvalue weighted by atomic mass is 32.2. The van der Waals surface area contributed by atoms with Crippen LogP contribution in [-0.2, 0) is 14.8 Å². The molecule has 8 heteroatoms. The molecule has 1 aromatic carbocycles. The van der Waals surface area contributed by atoms with Crippen LogP contribution in [0.25, 0.3) is 0 Å². The second-order valence-electron chi connectivity index (χ2n) is 7.45. The summed E-state index contributed by atoms with van der Waals surface area (Å²) in [7, 11) is -3.66. The fourth-order valence-electron chi connectivity index (χ4n) is 2.68. The van der Waals surface area contributed by atoms with E-state index < -0.39 is 22.0 Å². The molecule has 0 fully saturated rings. The molecule has 7 nitrogen and oxygen atoms in total. The largest absolute Gasteiger partial charge is 0.354 e. The molecule has 2 amide bonds. The van der Waals surface area contributed by atoms with Crippen LogP contribution < -0.4 is 10.6 Å². The topological polar surface area (TPSA) is 95.6 Å². The maximum absolute atomic E-state index is 12.7. The van der Waals surface area contributed by atoms with Crippen molar-refractivity contribution in [1.82, 2.24) is 14.9 Å². The molecule has 1 atom stereocenters. The molecular weight excluding hydrogens is 378 g/mol. The standard InChI is InChI=1S/C20H33N3O4S/c1-7-23(8-2)28(26,27)17-11-9-10-16(12-17)19(24)22-18(15(5)6)20(25)21-13-14(3)4/h9-12,14-15,18H,7-8,13H2,1-6H3,(H,21,25)(H,22,24). The van der Waals surface area contributed by atoms with Gasteiger partial charge in [-0.1, -0.05) is 47.6 Å². The Morgan fingerprint density at radius 3 is 2.18 bits per heavy atom. The SMILES string of the molecule is CCN(CC)S(=O)(=O)c1cccc(C(=O)NC(C(=O)NCC(C)C)C(C)C)c1. The van der Waals surface area contributed by atoms with E-state index in [2.05, 4.69) is 10.6 Å². The summed E-state index contributed by atoms with van der Waals surface area (Å²) < 4.78 is 26.7. The quantitative estimate of drug-likeness (QED) is 0.617. The molecule has 1 rings (SSSR count). The summed E-state index contributed by atoms with van der Waals surface area (Å²) in [6, 6.07) is 5.20. The molecule has 0 saturated carbocycles. The lowest BCUT2D eigenvalue weighted by Gasteiger charge is -2.23. The Morgan fingerprint density at radius 1 is 1.07 bits per heavy atom. The van der Waals surface area contributed by atoms with Crippen LogP contribution in [0.2, 0.25) is 0 Å². The zero-order valence-corrected chi connectivity index (χ0v) is 18.5. The maximum atomic E-state index is 12.7. The summed E-state index contributed by atoms with van der Waals surface area (Å²) in [5.41, 5.74) is 0.204. The van der Waals surface area contributed by atoms with Crippen molar-refractivity contribution in [3.8, 4) is 0 Å². The van der Waals surface area contributed by atoms with Crippen LogP contribution in [0.5, 0.6) is 0 Å². The second-order valence-corrected chi connectivity index (χ2v) is 9.39. The molecule has 1 unspecified atom stereocenters. The second kappa shape index (κ2) is 10.6. The minimum atomic E-state index is -3.66. The van der Waals surface area contributed by atoms with Crippen LogP contribution in [-0.4, -0.2) is 50.2 Å². The lowest BCUT2D eigenvalue weighted by molar-refractivity contribution is -0.124. The predicted molar refractivity (Wildman–Crippen MR) is 110 cm³/mol. The van der Waals surface area contributed by atoms with Gasteiger partial charge in [0.2, 0.25) is 15.9 Å². The van der Waals surface area contributed by atoms with Gasteiger partial charge < -0.3 is 10.6 Å². The van der Waals surface area contributed by atoms with Crippen molar-refractivity contribution >= 4 is 21.8 Å². The first-order valence-electron chi connectivity index (χ1n) is 9.73. The highest BCUT2D eigenvalue weighted by Gasteiger charge is 2.26. The lowest BCUT2D eigenvalue weighted by Crippen LogP contribution is -2.50. The van der Waals surface area contributed by atoms with E-state index in [1.54, 1.807) is 19.9 Å². The van der Waals surface area contributed by atoms with Gasteiger partial charge in [-0.2, -0.15) is 4.31 Å². The van der Waals surface area contributed by atoms with Gasteiger partial charge in [-0.3, -0.25) is 9.59 Å². The third-order valence-electron chi connectivity index (χ3n) is 4.36. The van der Waals surface area contributed by atoms with Crippen LogP contribution in [0.4, 0.5) is 0 Å². The highest BCUT2D eigenvalue weighted by molar-refractivity contribution is 7.89. The smallest absolute Gasteiger partial charge is 0.251 e. The predicted octanol–water partition coefficient (Wildman–Crippen LogP) is 2.24. The maximum Gasteiger partial charge on any atom is 0.251 e. The highest BCUT2D eigenvalue weighted by Crippen LogP contribution is 2.17. The van der Waals surface area contributed by atoms with Crippen LogP contribution in [0.3, 0.4) is 0 Å². The van der Waals surface area contributed by atoms with E-state index in [1.165, 1.54) is 22.5 Å². The van der Waals surface area contributed by atoms with E-state index in [9.17, 15) is 18.0 Å².